The number of carboxylic acid groups (broad SMARTS) is 1. The summed E-state index contributed by atoms with van der Waals surface area (Å²) in [5.74, 6) is -1.19. The van der Waals surface area contributed by atoms with E-state index in [0.29, 0.717) is 5.69 Å². The second-order valence-electron chi connectivity index (χ2n) is 2.04. The molecule has 0 saturated carbocycles. The van der Waals surface area contributed by atoms with E-state index in [9.17, 15) is 4.79 Å². The molecule has 1 heterocycles. The minimum atomic E-state index is -1.19. The highest BCUT2D eigenvalue weighted by Gasteiger charge is 2.07. The lowest BCUT2D eigenvalue weighted by molar-refractivity contribution is -0.129. The van der Waals surface area contributed by atoms with Gasteiger partial charge in [0.25, 0.3) is 0 Å². The SMILES string of the molecule is CC.N=C(Cc1cnc[nH]1)C(=O)O. The van der Waals surface area contributed by atoms with Gasteiger partial charge in [-0.05, 0) is 0 Å². The molecule has 5 nitrogen and oxygen atoms in total. The summed E-state index contributed by atoms with van der Waals surface area (Å²) >= 11 is 0. The van der Waals surface area contributed by atoms with E-state index in [1.807, 2.05) is 13.8 Å². The highest BCUT2D eigenvalue weighted by atomic mass is 16.4. The average Bonchev–Trinajstić information content (AvgIpc) is 2.60. The van der Waals surface area contributed by atoms with Crippen LogP contribution in [0.15, 0.2) is 12.5 Å². The molecule has 13 heavy (non-hydrogen) atoms. The molecule has 72 valence electrons. The number of nitrogens with one attached hydrogen (secondary N) is 2. The Morgan fingerprint density at radius 3 is 2.69 bits per heavy atom. The number of aliphatic carboxylic acids is 1. The third kappa shape index (κ3) is 4.05. The van der Waals surface area contributed by atoms with E-state index in [0.717, 1.165) is 0 Å². The van der Waals surface area contributed by atoms with Gasteiger partial charge in [0.1, 0.15) is 5.71 Å². The molecule has 0 spiro atoms. The van der Waals surface area contributed by atoms with Crippen LogP contribution >= 0.6 is 0 Å². The van der Waals surface area contributed by atoms with Crippen molar-refractivity contribution in [3.8, 4) is 0 Å². The van der Waals surface area contributed by atoms with E-state index in [1.54, 1.807) is 0 Å². The monoisotopic (exact) mass is 183 g/mol. The minimum absolute atomic E-state index is 0.0926. The summed E-state index contributed by atoms with van der Waals surface area (Å²) in [6, 6.07) is 0. The van der Waals surface area contributed by atoms with Crippen LogP contribution in [0.3, 0.4) is 0 Å². The van der Waals surface area contributed by atoms with Crippen LogP contribution in [0.5, 0.6) is 0 Å². The molecule has 0 radical (unpaired) electrons. The number of imidazole rings is 1. The average molecular weight is 183 g/mol. The molecule has 0 aliphatic rings. The Hall–Kier alpha value is -1.65. The van der Waals surface area contributed by atoms with Crippen molar-refractivity contribution in [3.63, 3.8) is 0 Å². The molecule has 0 atom stereocenters. The molecule has 1 aromatic heterocycles. The molecule has 0 bridgehead atoms. The van der Waals surface area contributed by atoms with Gasteiger partial charge >= 0.3 is 5.97 Å². The topological polar surface area (TPSA) is 89.8 Å². The van der Waals surface area contributed by atoms with Crippen LogP contribution in [0.1, 0.15) is 19.5 Å². The molecule has 0 aliphatic heterocycles. The Kier molecular flexibility index (Phi) is 5.18. The van der Waals surface area contributed by atoms with Gasteiger partial charge in [-0.15, -0.1) is 0 Å². The van der Waals surface area contributed by atoms with Gasteiger partial charge < -0.3 is 10.1 Å². The molecule has 3 N–H and O–H groups in total. The Labute approximate surface area is 76.3 Å². The third-order valence-corrected chi connectivity index (χ3v) is 1.18. The number of hydrogen-bond donors (Lipinski definition) is 3. The zero-order chi connectivity index (χ0) is 10.3. The summed E-state index contributed by atoms with van der Waals surface area (Å²) in [5.41, 5.74) is 0.298. The number of H-pyrrole nitrogens is 1. The van der Waals surface area contributed by atoms with Gasteiger partial charge in [-0.2, -0.15) is 0 Å². The number of hydrogen-bond acceptors (Lipinski definition) is 3. The lowest BCUT2D eigenvalue weighted by Gasteiger charge is -1.92. The second-order valence-corrected chi connectivity index (χ2v) is 2.04. The number of carboxylic acids is 1. The Balaban J connectivity index is 0.000000671. The van der Waals surface area contributed by atoms with Crippen LogP contribution in [-0.2, 0) is 11.2 Å². The zero-order valence-electron chi connectivity index (χ0n) is 7.66. The molecular formula is C8H13N3O2. The number of aromatic nitrogens is 2. The Morgan fingerprint density at radius 2 is 2.31 bits per heavy atom. The van der Waals surface area contributed by atoms with Gasteiger partial charge in [-0.25, -0.2) is 9.78 Å². The molecule has 0 saturated heterocycles. The molecule has 5 heteroatoms. The standard InChI is InChI=1S/C6H7N3O2.C2H6/c7-5(6(10)11)1-4-2-8-3-9-4;1-2/h2-3,7H,1H2,(H,8,9)(H,10,11);1-2H3. The summed E-state index contributed by atoms with van der Waals surface area (Å²) in [6.07, 6.45) is 3.04. The first-order chi connectivity index (χ1) is 6.20. The van der Waals surface area contributed by atoms with Crippen molar-refractivity contribution < 1.29 is 9.90 Å². The van der Waals surface area contributed by atoms with Crippen molar-refractivity contribution in [1.29, 1.82) is 5.41 Å². The van der Waals surface area contributed by atoms with E-state index >= 15 is 0 Å². The van der Waals surface area contributed by atoms with Gasteiger partial charge in [-0.1, -0.05) is 13.8 Å². The van der Waals surface area contributed by atoms with Crippen molar-refractivity contribution in [3.05, 3.63) is 18.2 Å². The first-order valence-corrected chi connectivity index (χ1v) is 3.98. The van der Waals surface area contributed by atoms with Crippen LogP contribution in [0.25, 0.3) is 0 Å². The van der Waals surface area contributed by atoms with E-state index in [4.69, 9.17) is 10.5 Å². The highest BCUT2D eigenvalue weighted by molar-refractivity contribution is 6.34. The van der Waals surface area contributed by atoms with Crippen LogP contribution in [0, 0.1) is 5.41 Å². The summed E-state index contributed by atoms with van der Waals surface area (Å²) in [5, 5.41) is 15.3. The second kappa shape index (κ2) is 5.93. The zero-order valence-corrected chi connectivity index (χ0v) is 7.66. The van der Waals surface area contributed by atoms with E-state index < -0.39 is 5.97 Å². The smallest absolute Gasteiger partial charge is 0.349 e. The van der Waals surface area contributed by atoms with Crippen molar-refractivity contribution in [2.24, 2.45) is 0 Å². The number of carbonyl (C=O) groups is 1. The van der Waals surface area contributed by atoms with Crippen molar-refractivity contribution in [2.45, 2.75) is 20.3 Å². The summed E-state index contributed by atoms with van der Waals surface area (Å²) in [7, 11) is 0. The maximum absolute atomic E-state index is 10.2. The molecule has 0 fully saturated rings. The lowest BCUT2D eigenvalue weighted by Crippen LogP contribution is -2.14. The predicted octanol–water partition coefficient (Wildman–Crippen LogP) is 1.08. The minimum Gasteiger partial charge on any atom is -0.477 e. The lowest BCUT2D eigenvalue weighted by atomic mass is 10.2. The van der Waals surface area contributed by atoms with Gasteiger partial charge in [0.05, 0.1) is 6.33 Å². The molecule has 1 rings (SSSR count). The number of aromatic amines is 1. The summed E-state index contributed by atoms with van der Waals surface area (Å²) < 4.78 is 0. The fraction of sp³-hybridized carbons (Fsp3) is 0.375. The van der Waals surface area contributed by atoms with Crippen LogP contribution < -0.4 is 0 Å². The Morgan fingerprint density at radius 1 is 1.69 bits per heavy atom. The number of rotatable bonds is 3. The fourth-order valence-corrected chi connectivity index (χ4v) is 0.647. The maximum Gasteiger partial charge on any atom is 0.349 e. The molecule has 0 aromatic carbocycles. The molecule has 0 amide bonds. The van der Waals surface area contributed by atoms with Gasteiger partial charge in [0, 0.05) is 18.3 Å². The van der Waals surface area contributed by atoms with Crippen LogP contribution in [0.2, 0.25) is 0 Å². The van der Waals surface area contributed by atoms with Crippen molar-refractivity contribution in [1.82, 2.24) is 9.97 Å². The largest absolute Gasteiger partial charge is 0.477 e. The van der Waals surface area contributed by atoms with Crippen molar-refractivity contribution in [2.75, 3.05) is 0 Å². The first-order valence-electron chi connectivity index (χ1n) is 3.98. The normalized spacial score (nSPS) is 8.46. The molecule has 0 aliphatic carbocycles. The molecular weight excluding hydrogens is 170 g/mol. The van der Waals surface area contributed by atoms with E-state index in [-0.39, 0.29) is 12.1 Å². The van der Waals surface area contributed by atoms with E-state index in [2.05, 4.69) is 9.97 Å². The first kappa shape index (κ1) is 11.4. The van der Waals surface area contributed by atoms with E-state index in [1.165, 1.54) is 12.5 Å². The third-order valence-electron chi connectivity index (χ3n) is 1.18. The van der Waals surface area contributed by atoms with Crippen LogP contribution in [-0.4, -0.2) is 26.8 Å². The summed E-state index contributed by atoms with van der Waals surface area (Å²) in [6.45, 7) is 4.00. The van der Waals surface area contributed by atoms with Crippen molar-refractivity contribution >= 4 is 11.7 Å². The van der Waals surface area contributed by atoms with Gasteiger partial charge in [0.2, 0.25) is 0 Å². The Bertz CT molecular complexity index is 267. The predicted molar refractivity (Wildman–Crippen MR) is 49.0 cm³/mol. The number of nitrogens with zero attached hydrogens (tertiary/aromatic N) is 1. The quantitative estimate of drug-likeness (QED) is 0.612. The highest BCUT2D eigenvalue weighted by Crippen LogP contribution is 1.93. The van der Waals surface area contributed by atoms with Gasteiger partial charge in [0.15, 0.2) is 0 Å². The van der Waals surface area contributed by atoms with Gasteiger partial charge in [-0.3, -0.25) is 5.41 Å². The maximum atomic E-state index is 10.2. The molecule has 0 unspecified atom stereocenters. The van der Waals surface area contributed by atoms with Crippen LogP contribution in [0.4, 0.5) is 0 Å². The summed E-state index contributed by atoms with van der Waals surface area (Å²) in [4.78, 5) is 16.6. The molecule has 1 aromatic rings. The fourth-order valence-electron chi connectivity index (χ4n) is 0.647.